The maximum absolute atomic E-state index is 9.13. The van der Waals surface area contributed by atoms with E-state index in [1.54, 1.807) is 0 Å². The Morgan fingerprint density at radius 1 is 0.793 bits per heavy atom. The fraction of sp³-hybridized carbons (Fsp3) is 0.538. The van der Waals surface area contributed by atoms with Gasteiger partial charge in [-0.2, -0.15) is 6.07 Å². The van der Waals surface area contributed by atoms with E-state index in [1.165, 1.54) is 23.1 Å². The molecule has 7 rings (SSSR count). The van der Waals surface area contributed by atoms with Crippen LogP contribution in [0.15, 0.2) is 59.7 Å². The number of aromatic nitrogens is 1. The van der Waals surface area contributed by atoms with E-state index >= 15 is 0 Å². The second-order valence-corrected chi connectivity index (χ2v) is 21.3. The molecule has 312 valence electrons. The van der Waals surface area contributed by atoms with Gasteiger partial charge in [-0.05, 0) is 91.5 Å². The molecule has 1 aromatic heterocycles. The van der Waals surface area contributed by atoms with Gasteiger partial charge in [-0.15, -0.1) is 34.4 Å². The van der Waals surface area contributed by atoms with Crippen LogP contribution in [0.3, 0.4) is 0 Å². The van der Waals surface area contributed by atoms with Crippen molar-refractivity contribution < 1.29 is 29.9 Å². The predicted octanol–water partition coefficient (Wildman–Crippen LogP) is 13.8. The molecule has 0 spiro atoms. The van der Waals surface area contributed by atoms with Gasteiger partial charge in [0.1, 0.15) is 5.82 Å². The normalized spacial score (nSPS) is 21.6. The van der Waals surface area contributed by atoms with E-state index in [4.69, 9.17) is 18.8 Å². The van der Waals surface area contributed by atoms with Crippen molar-refractivity contribution in [1.29, 1.82) is 0 Å². The largest absolute Gasteiger partial charge is 2.00 e. The zero-order valence-corrected chi connectivity index (χ0v) is 40.1. The van der Waals surface area contributed by atoms with Crippen molar-refractivity contribution >= 4 is 23.0 Å². The monoisotopic (exact) mass is 963 g/mol. The number of hydrogen-bond acceptors (Lipinski definition) is 5. The number of aryl methyl sites for hydroxylation is 2. The molecule has 0 saturated heterocycles. The first-order chi connectivity index (χ1) is 27.6. The summed E-state index contributed by atoms with van der Waals surface area (Å²) in [6.45, 7) is 30.0. The topological polar surface area (TPSA) is 41.0 Å². The van der Waals surface area contributed by atoms with Gasteiger partial charge < -0.3 is 19.5 Å². The minimum absolute atomic E-state index is 0. The summed E-state index contributed by atoms with van der Waals surface area (Å²) < 4.78 is 34.4. The second kappa shape index (κ2) is 14.9. The summed E-state index contributed by atoms with van der Waals surface area (Å²) >= 11 is 0. The molecule has 3 heterocycles. The molecule has 3 aromatic carbocycles. The molecule has 1 saturated carbocycles. The van der Waals surface area contributed by atoms with Crippen molar-refractivity contribution in [3.05, 3.63) is 106 Å². The molecule has 58 heavy (non-hydrogen) atoms. The molecular weight excluding hydrogens is 892 g/mol. The third kappa shape index (κ3) is 7.50. The van der Waals surface area contributed by atoms with Crippen molar-refractivity contribution in [1.82, 2.24) is 9.88 Å². The smallest absolute Gasteiger partial charge is 0.503 e. The van der Waals surface area contributed by atoms with Crippen LogP contribution in [0, 0.1) is 31.4 Å². The van der Waals surface area contributed by atoms with Crippen molar-refractivity contribution in [2.75, 3.05) is 4.90 Å². The van der Waals surface area contributed by atoms with Gasteiger partial charge in [-0.25, -0.2) is 4.98 Å². The fourth-order valence-electron chi connectivity index (χ4n) is 9.53. The van der Waals surface area contributed by atoms with Crippen molar-refractivity contribution in [2.45, 2.75) is 176 Å². The molecule has 1 atom stereocenters. The van der Waals surface area contributed by atoms with E-state index in [0.29, 0.717) is 17.3 Å². The van der Waals surface area contributed by atoms with Gasteiger partial charge in [0.2, 0.25) is 0 Å². The van der Waals surface area contributed by atoms with E-state index in [-0.39, 0.29) is 43.4 Å². The number of pyridine rings is 1. The number of nitrogens with zero attached hydrogens (tertiary/aromatic N) is 4. The molecule has 2 aliphatic heterocycles. The Balaban J connectivity index is 0.00000622. The summed E-state index contributed by atoms with van der Waals surface area (Å²) in [5, 5.41) is 0. The van der Waals surface area contributed by atoms with Crippen molar-refractivity contribution in [3.63, 3.8) is 0 Å². The van der Waals surface area contributed by atoms with Crippen molar-refractivity contribution in [3.8, 4) is 11.5 Å². The van der Waals surface area contributed by atoms with Gasteiger partial charge in [-0.3, -0.25) is 0 Å². The first kappa shape index (κ1) is 40.0. The minimum Gasteiger partial charge on any atom is -0.503 e. The van der Waals surface area contributed by atoms with Crippen LogP contribution in [0.4, 0.5) is 17.2 Å². The molecule has 1 aliphatic carbocycles. The van der Waals surface area contributed by atoms with E-state index in [2.05, 4.69) is 154 Å². The average Bonchev–Trinajstić information content (AvgIpc) is 3.41. The number of rotatable bonds is 5. The van der Waals surface area contributed by atoms with Crippen LogP contribution in [0.2, 0.25) is 0 Å². The molecular formula is C52H68N4OPt. The van der Waals surface area contributed by atoms with E-state index in [1.807, 2.05) is 27.0 Å². The summed E-state index contributed by atoms with van der Waals surface area (Å²) in [4.78, 5) is 15.1. The third-order valence-corrected chi connectivity index (χ3v) is 13.2. The summed E-state index contributed by atoms with van der Waals surface area (Å²) in [5.41, 5.74) is 6.06. The van der Waals surface area contributed by atoms with E-state index in [9.17, 15) is 0 Å². The van der Waals surface area contributed by atoms with Gasteiger partial charge in [0, 0.05) is 39.4 Å². The minimum atomic E-state index is -2.36. The van der Waals surface area contributed by atoms with Crippen LogP contribution in [-0.2, 0) is 37.3 Å². The van der Waals surface area contributed by atoms with E-state index < -0.39 is 23.3 Å². The number of anilines is 3. The molecule has 0 bridgehead atoms. The summed E-state index contributed by atoms with van der Waals surface area (Å²) in [5.74, 6) is 2.69. The predicted molar refractivity (Wildman–Crippen MR) is 239 cm³/mol. The molecule has 6 heteroatoms. The van der Waals surface area contributed by atoms with Crippen LogP contribution in [0.5, 0.6) is 11.5 Å². The van der Waals surface area contributed by atoms with Crippen LogP contribution >= 0.6 is 0 Å². The van der Waals surface area contributed by atoms with Gasteiger partial charge >= 0.3 is 21.1 Å². The number of ether oxygens (including phenoxy) is 1. The zero-order valence-electron chi connectivity index (χ0n) is 40.8. The van der Waals surface area contributed by atoms with Gasteiger partial charge in [-0.1, -0.05) is 138 Å². The van der Waals surface area contributed by atoms with Crippen LogP contribution < -0.4 is 9.64 Å². The third-order valence-electron chi connectivity index (χ3n) is 13.2. The standard InChI is InChI=1S/C52H68N4O.Pt/c1-33-22-23-42-40(26-33)50(12,13)41-27-34(2)44(32-43(41)55(42)45-31-36(24-25-53-45)47(3,4)5)57-39-29-35(28-37(30-39)48(6,7)8)46-54-52(16,49(9,10)11)51(14,15)56(46)38-20-18-17-19-21-38;/h22-28,30-31,38H,17-21H2,1-16H3;/q-2;+2/t52-;/m1./s1/i16D3;. The van der Waals surface area contributed by atoms with Gasteiger partial charge in [0.05, 0.1) is 11.1 Å². The molecule has 1 fully saturated rings. The first-order valence-electron chi connectivity index (χ1n) is 22.7. The van der Waals surface area contributed by atoms with E-state index in [0.717, 1.165) is 65.1 Å². The van der Waals surface area contributed by atoms with Crippen LogP contribution in [0.25, 0.3) is 0 Å². The second-order valence-electron chi connectivity index (χ2n) is 21.3. The Labute approximate surface area is 370 Å². The fourth-order valence-corrected chi connectivity index (χ4v) is 9.53. The summed E-state index contributed by atoms with van der Waals surface area (Å²) in [7, 11) is 0. The SMILES string of the molecule is [2H]C([2H])([2H])[C@]1(C(C)(C)C)N=C(c2[c-]c(Oc3[c-]c4c(cc3C)C(C)(C)c3cc(C)ccc3N4c3cc(C(C)(C)C)ccn3)cc(C(C)(C)C)c2)N(C2CCCCC2)C1(C)C.[Pt+2]. The quantitative estimate of drug-likeness (QED) is 0.187. The maximum Gasteiger partial charge on any atom is 2.00 e. The number of amidine groups is 1. The molecule has 0 unspecified atom stereocenters. The molecule has 0 radical (unpaired) electrons. The molecule has 5 nitrogen and oxygen atoms in total. The maximum atomic E-state index is 9.13. The molecule has 4 aromatic rings. The number of aliphatic imine (C=N–C) groups is 1. The van der Waals surface area contributed by atoms with Crippen LogP contribution in [-0.4, -0.2) is 32.8 Å². The number of hydrogen-bond donors (Lipinski definition) is 0. The Morgan fingerprint density at radius 3 is 2.09 bits per heavy atom. The summed E-state index contributed by atoms with van der Waals surface area (Å²) in [6.07, 6.45) is 7.33. The van der Waals surface area contributed by atoms with Gasteiger partial charge in [0.15, 0.2) is 0 Å². The van der Waals surface area contributed by atoms with Crippen molar-refractivity contribution in [2.24, 2.45) is 10.4 Å². The van der Waals surface area contributed by atoms with Crippen LogP contribution in [0.1, 0.15) is 172 Å². The Kier molecular flexibility index (Phi) is 10.3. The Hall–Kier alpha value is -3.43. The number of benzene rings is 3. The number of fused-ring (bicyclic) bond motifs is 2. The molecule has 0 N–H and O–H groups in total. The molecule has 0 amide bonds. The van der Waals surface area contributed by atoms with Gasteiger partial charge in [0.25, 0.3) is 0 Å². The zero-order chi connectivity index (χ0) is 44.2. The first-order valence-corrected chi connectivity index (χ1v) is 21.2. The Bertz CT molecular complexity index is 2320. The average molecular weight is 963 g/mol. The molecule has 3 aliphatic rings. The Morgan fingerprint density at radius 2 is 1.47 bits per heavy atom. The summed E-state index contributed by atoms with van der Waals surface area (Å²) in [6, 6.07) is 25.1.